The van der Waals surface area contributed by atoms with Gasteiger partial charge in [-0.25, -0.2) is 0 Å². The Morgan fingerprint density at radius 1 is 0.470 bits per heavy atom. The Bertz CT molecular complexity index is 2340. The molecule has 10 aliphatic rings. The van der Waals surface area contributed by atoms with E-state index in [0.29, 0.717) is 7.25 Å². The van der Waals surface area contributed by atoms with E-state index in [2.05, 4.69) is 129 Å². The zero-order chi connectivity index (χ0) is 43.3. The van der Waals surface area contributed by atoms with Gasteiger partial charge >= 0.3 is 393 Å². The molecule has 0 N–H and O–H groups in total. The van der Waals surface area contributed by atoms with Gasteiger partial charge in [0, 0.05) is 0 Å². The van der Waals surface area contributed by atoms with E-state index in [9.17, 15) is 0 Å². The molecule has 0 aliphatic heterocycles. The summed E-state index contributed by atoms with van der Waals surface area (Å²) in [6.07, 6.45) is 29.8. The van der Waals surface area contributed by atoms with E-state index in [-0.39, 0.29) is 24.8 Å². The van der Waals surface area contributed by atoms with Crippen LogP contribution in [0.5, 0.6) is 0 Å². The van der Waals surface area contributed by atoms with Crippen molar-refractivity contribution in [3.05, 3.63) is 129 Å². The van der Waals surface area contributed by atoms with E-state index in [1.165, 1.54) is 134 Å². The van der Waals surface area contributed by atoms with Crippen molar-refractivity contribution in [3.63, 3.8) is 0 Å². The summed E-state index contributed by atoms with van der Waals surface area (Å²) in [5, 5.41) is 0. The topological polar surface area (TPSA) is 0 Å². The average molecular weight is 1020 g/mol. The van der Waals surface area contributed by atoms with Crippen molar-refractivity contribution < 1.29 is 17.4 Å². The SMILES string of the molecule is CCCc1ccc(-c2cccc3c2C=C(CC2C4CC5CC(C4)CC2C5)[CH]3[Zr]([CH3])(=[SiH2])([CH2]CC)[CH]2C(CC3C4CC5CC(C4)CC3C5)=Cc3c(-c4ccc(CCC)cc4)cccc32)cc1.Cl.Cl. The first-order chi connectivity index (χ1) is 31.2. The van der Waals surface area contributed by atoms with Gasteiger partial charge in [-0.3, -0.25) is 0 Å². The molecule has 0 saturated heterocycles. The van der Waals surface area contributed by atoms with E-state index in [1.807, 2.05) is 11.1 Å². The second-order valence-electron chi connectivity index (χ2n) is 24.7. The Kier molecular flexibility index (Phi) is 13.5. The van der Waals surface area contributed by atoms with Crippen LogP contribution in [0.1, 0.15) is 158 Å². The van der Waals surface area contributed by atoms with Crippen LogP contribution in [0, 0.1) is 59.2 Å². The van der Waals surface area contributed by atoms with Gasteiger partial charge in [0.05, 0.1) is 0 Å². The van der Waals surface area contributed by atoms with Crippen LogP contribution < -0.4 is 0 Å². The molecule has 66 heavy (non-hydrogen) atoms. The van der Waals surface area contributed by atoms with Crippen molar-refractivity contribution >= 4 is 43.8 Å². The Morgan fingerprint density at radius 2 is 0.833 bits per heavy atom. The summed E-state index contributed by atoms with van der Waals surface area (Å²) in [5.41, 5.74) is 19.2. The van der Waals surface area contributed by atoms with Crippen LogP contribution in [0.4, 0.5) is 0 Å². The minimum Gasteiger partial charge on any atom is -0.147 e. The Hall–Kier alpha value is -1.96. The van der Waals surface area contributed by atoms with Crippen molar-refractivity contribution in [3.8, 4) is 22.3 Å². The van der Waals surface area contributed by atoms with Crippen molar-refractivity contribution in [2.24, 2.45) is 59.2 Å². The van der Waals surface area contributed by atoms with Crippen molar-refractivity contribution in [2.75, 3.05) is 0 Å². The average Bonchev–Trinajstić information content (AvgIpc) is 3.86. The van der Waals surface area contributed by atoms with Crippen LogP contribution >= 0.6 is 24.8 Å². The molecular formula is C62H80Cl2SiZr. The summed E-state index contributed by atoms with van der Waals surface area (Å²) in [6, 6.07) is 34.9. The summed E-state index contributed by atoms with van der Waals surface area (Å²) in [6.45, 7) is 9.91. The number of aryl methyl sites for hydroxylation is 2. The smallest absolute Gasteiger partial charge is 0.147 e. The number of hydrogen-bond donors (Lipinski definition) is 0. The molecule has 0 spiro atoms. The summed E-state index contributed by atoms with van der Waals surface area (Å²) in [5.74, 6) is 9.72. The molecule has 10 aliphatic carbocycles. The second-order valence-corrected chi connectivity index (χ2v) is 53.1. The van der Waals surface area contributed by atoms with Crippen LogP contribution in [-0.2, 0) is 30.2 Å². The molecule has 8 bridgehead atoms. The van der Waals surface area contributed by atoms with E-state index in [0.717, 1.165) is 59.2 Å². The second kappa shape index (κ2) is 18.7. The third-order valence-electron chi connectivity index (χ3n) is 20.4. The fourth-order valence-corrected chi connectivity index (χ4v) is 44.4. The number of rotatable bonds is 14. The Balaban J connectivity index is 0.00000256. The third kappa shape index (κ3) is 8.09. The largest absolute Gasteiger partial charge is 0.147 e. The summed E-state index contributed by atoms with van der Waals surface area (Å²) < 4.78 is 5.70. The monoisotopic (exact) mass is 1010 g/mol. The zero-order valence-corrected chi connectivity index (χ0v) is 46.4. The molecule has 4 heteroatoms. The van der Waals surface area contributed by atoms with Crippen molar-refractivity contribution in [1.29, 1.82) is 0 Å². The van der Waals surface area contributed by atoms with Gasteiger partial charge in [-0.1, -0.05) is 0 Å². The van der Waals surface area contributed by atoms with E-state index < -0.39 is 17.4 Å². The van der Waals surface area contributed by atoms with E-state index in [1.54, 1.807) is 35.1 Å². The van der Waals surface area contributed by atoms with Gasteiger partial charge in [0.15, 0.2) is 0 Å². The van der Waals surface area contributed by atoms with Gasteiger partial charge in [0.1, 0.15) is 0 Å². The van der Waals surface area contributed by atoms with Gasteiger partial charge in [-0.2, -0.15) is 0 Å². The summed E-state index contributed by atoms with van der Waals surface area (Å²) in [7, 11) is 0. The fourth-order valence-electron chi connectivity index (χ4n) is 18.6. The predicted octanol–water partition coefficient (Wildman–Crippen LogP) is 17.4. The normalized spacial score (nSPS) is 32.1. The van der Waals surface area contributed by atoms with Crippen LogP contribution in [0.3, 0.4) is 0 Å². The van der Waals surface area contributed by atoms with Gasteiger partial charge in [-0.05, 0) is 0 Å². The molecule has 8 saturated carbocycles. The van der Waals surface area contributed by atoms with Gasteiger partial charge < -0.3 is 0 Å². The zero-order valence-electron chi connectivity index (χ0n) is 40.9. The molecule has 0 radical (unpaired) electrons. The molecule has 4 aromatic rings. The Labute approximate surface area is 414 Å². The van der Waals surface area contributed by atoms with Crippen molar-refractivity contribution in [1.82, 2.24) is 0 Å². The molecule has 350 valence electrons. The first-order valence-electron chi connectivity index (χ1n) is 27.1. The number of halogens is 2. The van der Waals surface area contributed by atoms with Gasteiger partial charge in [0.25, 0.3) is 0 Å². The van der Waals surface area contributed by atoms with Gasteiger partial charge in [0.2, 0.25) is 0 Å². The minimum absolute atomic E-state index is 0. The Morgan fingerprint density at radius 3 is 1.17 bits per heavy atom. The third-order valence-corrected chi connectivity index (χ3v) is 43.9. The minimum atomic E-state index is -4.06. The number of allylic oxidation sites excluding steroid dienone is 2. The quantitative estimate of drug-likeness (QED) is 0.110. The molecule has 4 aromatic carbocycles. The molecule has 14 rings (SSSR count). The first kappa shape index (κ1) is 47.7. The standard InChI is InChI=1S/2C29H33.C3H7.CH3.2ClH.H2Si.Zr/c2*1-2-4-19-7-9-23(10-8-19)27-6-3-5-24-12-22(18-29(24)27)17-28-25-13-20-11-21(15-25)16-26(28)14-20;1-3-2;;;;;/h2*3,5-10,12,18,20-21,25-26,28H,2,4,11,13-17H2,1H3;1,3H2,2H3;1H3;2*1H;1H2;. The fraction of sp³-hybridized carbons (Fsp3) is 0.548. The molecule has 2 unspecified atom stereocenters. The predicted molar refractivity (Wildman–Crippen MR) is 287 cm³/mol. The molecular weight excluding hydrogens is 935 g/mol. The van der Waals surface area contributed by atoms with Crippen LogP contribution in [0.15, 0.2) is 96.1 Å². The molecule has 0 heterocycles. The molecule has 8 fully saturated rings. The molecule has 0 amide bonds. The van der Waals surface area contributed by atoms with Gasteiger partial charge in [-0.15, -0.1) is 24.8 Å². The van der Waals surface area contributed by atoms with Crippen molar-refractivity contribution in [2.45, 2.75) is 146 Å². The molecule has 0 nitrogen and oxygen atoms in total. The van der Waals surface area contributed by atoms with Crippen LogP contribution in [0.25, 0.3) is 34.4 Å². The number of hydrogen-bond acceptors (Lipinski definition) is 0. The summed E-state index contributed by atoms with van der Waals surface area (Å²) >= 11 is -4.06. The maximum atomic E-state index is 3.07. The van der Waals surface area contributed by atoms with E-state index in [4.69, 9.17) is 0 Å². The number of fused-ring (bicyclic) bond motifs is 2. The maximum Gasteiger partial charge on any atom is -0.147 e. The molecule has 2 atom stereocenters. The maximum absolute atomic E-state index is 4.06. The van der Waals surface area contributed by atoms with E-state index >= 15 is 0 Å². The van der Waals surface area contributed by atoms with Crippen LogP contribution in [0.2, 0.25) is 8.76 Å². The first-order valence-corrected chi connectivity index (χ1v) is 40.0. The molecule has 0 aromatic heterocycles. The number of benzene rings is 4. The summed E-state index contributed by atoms with van der Waals surface area (Å²) in [4.78, 5) is 0. The van der Waals surface area contributed by atoms with Crippen LogP contribution in [-0.4, -0.2) is 6.88 Å².